The fraction of sp³-hybridized carbons (Fsp3) is 0.700. The molecule has 49 heavy (non-hydrogen) atoms. The van der Waals surface area contributed by atoms with E-state index in [-0.39, 0.29) is 53.5 Å². The number of aromatic amines is 1. The number of methoxy groups -OCH3 is 1. The number of benzene rings is 1. The summed E-state index contributed by atoms with van der Waals surface area (Å²) in [7, 11) is 1.68. The van der Waals surface area contributed by atoms with Gasteiger partial charge in [0.25, 0.3) is 0 Å². The van der Waals surface area contributed by atoms with E-state index in [4.69, 9.17) is 14.2 Å². The van der Waals surface area contributed by atoms with Gasteiger partial charge in [-0.15, -0.1) is 0 Å². The van der Waals surface area contributed by atoms with E-state index in [1.54, 1.807) is 7.11 Å². The lowest BCUT2D eigenvalue weighted by atomic mass is 9.42. The molecule has 0 amide bonds. The molecule has 13 atom stereocenters. The number of hydrogen-bond acceptors (Lipinski definition) is 8. The van der Waals surface area contributed by atoms with Crippen molar-refractivity contribution < 1.29 is 34.0 Å². The SMILES string of the molecule is COc1ccc2[nH]cc(CCNC3C(C=O)CC4(C)C5CCC6(C)C(C(C)C7CC(C)=C(CO)C(=O)O7)CCC6C5CC5OC54C3O)c2c1. The van der Waals surface area contributed by atoms with Gasteiger partial charge in [-0.2, -0.15) is 0 Å². The molecule has 8 rings (SSSR count). The summed E-state index contributed by atoms with van der Waals surface area (Å²) in [6, 6.07) is 5.68. The van der Waals surface area contributed by atoms with Crippen LogP contribution in [0.15, 0.2) is 35.5 Å². The Bertz CT molecular complexity index is 1670. The van der Waals surface area contributed by atoms with Crippen LogP contribution in [-0.2, 0) is 25.5 Å². The normalized spacial score (nSPS) is 43.2. The Labute approximate surface area is 289 Å². The van der Waals surface area contributed by atoms with Gasteiger partial charge in [0.05, 0.1) is 25.4 Å². The highest BCUT2D eigenvalue weighted by Crippen LogP contribution is 2.74. The number of aromatic nitrogens is 1. The lowest BCUT2D eigenvalue weighted by Crippen LogP contribution is -2.69. The molecule has 9 heteroatoms. The Morgan fingerprint density at radius 2 is 2.02 bits per heavy atom. The molecular formula is C40H54N2O7. The molecule has 1 aromatic heterocycles. The number of esters is 1. The smallest absolute Gasteiger partial charge is 0.336 e. The van der Waals surface area contributed by atoms with Gasteiger partial charge < -0.3 is 39.5 Å². The highest BCUT2D eigenvalue weighted by atomic mass is 16.6. The number of aldehydes is 1. The number of ether oxygens (including phenoxy) is 3. The average Bonchev–Trinajstić information content (AvgIpc) is 3.53. The summed E-state index contributed by atoms with van der Waals surface area (Å²) in [5.41, 5.74) is 2.87. The van der Waals surface area contributed by atoms with Gasteiger partial charge >= 0.3 is 5.97 Å². The molecule has 1 saturated heterocycles. The van der Waals surface area contributed by atoms with Crippen LogP contribution in [0.1, 0.15) is 78.2 Å². The van der Waals surface area contributed by atoms with E-state index in [2.05, 4.69) is 37.1 Å². The van der Waals surface area contributed by atoms with Crippen molar-refractivity contribution in [1.29, 1.82) is 0 Å². The second-order valence-corrected chi connectivity index (χ2v) is 17.0. The predicted molar refractivity (Wildman–Crippen MR) is 185 cm³/mol. The van der Waals surface area contributed by atoms with Crippen molar-refractivity contribution in [1.82, 2.24) is 10.3 Å². The molecule has 1 aromatic carbocycles. The van der Waals surface area contributed by atoms with Gasteiger partial charge in [0.1, 0.15) is 29.8 Å². The second kappa shape index (κ2) is 11.9. The van der Waals surface area contributed by atoms with E-state index >= 15 is 0 Å². The molecule has 9 nitrogen and oxygen atoms in total. The highest BCUT2D eigenvalue weighted by Gasteiger charge is 2.80. The molecule has 4 N–H and O–H groups in total. The quantitative estimate of drug-likeness (QED) is 0.164. The number of carbonyl (C=O) groups is 2. The number of fused-ring (bicyclic) bond motifs is 5. The van der Waals surface area contributed by atoms with Crippen molar-refractivity contribution in [3.05, 3.63) is 41.1 Å². The molecule has 4 aliphatic carbocycles. The maximum Gasteiger partial charge on any atom is 0.336 e. The third-order valence-corrected chi connectivity index (χ3v) is 15.2. The van der Waals surface area contributed by atoms with E-state index in [0.29, 0.717) is 42.2 Å². The van der Waals surface area contributed by atoms with Crippen LogP contribution in [-0.4, -0.2) is 77.7 Å². The van der Waals surface area contributed by atoms with Gasteiger partial charge in [0, 0.05) is 40.9 Å². The summed E-state index contributed by atoms with van der Waals surface area (Å²) in [5.74, 6) is 2.27. The first-order valence-electron chi connectivity index (χ1n) is 18.7. The lowest BCUT2D eigenvalue weighted by molar-refractivity contribution is -0.163. The first-order valence-corrected chi connectivity index (χ1v) is 18.7. The number of hydrogen-bond donors (Lipinski definition) is 4. The van der Waals surface area contributed by atoms with Crippen LogP contribution in [0.3, 0.4) is 0 Å². The van der Waals surface area contributed by atoms with Crippen LogP contribution >= 0.6 is 0 Å². The van der Waals surface area contributed by atoms with Crippen LogP contribution < -0.4 is 10.1 Å². The van der Waals surface area contributed by atoms with Gasteiger partial charge in [0.2, 0.25) is 0 Å². The summed E-state index contributed by atoms with van der Waals surface area (Å²) in [5, 5.41) is 26.6. The summed E-state index contributed by atoms with van der Waals surface area (Å²) in [6.07, 6.45) is 9.82. The monoisotopic (exact) mass is 674 g/mol. The van der Waals surface area contributed by atoms with Crippen LogP contribution in [0.4, 0.5) is 0 Å². The number of carbonyl (C=O) groups excluding carboxylic acids is 2. The fourth-order valence-electron chi connectivity index (χ4n) is 12.7. The van der Waals surface area contributed by atoms with Crippen molar-refractivity contribution in [2.75, 3.05) is 20.3 Å². The van der Waals surface area contributed by atoms with Gasteiger partial charge in [-0.3, -0.25) is 0 Å². The maximum atomic E-state index is 12.8. The molecule has 2 aromatic rings. The van der Waals surface area contributed by atoms with Crippen LogP contribution in [0.5, 0.6) is 5.75 Å². The van der Waals surface area contributed by atoms with Gasteiger partial charge in [-0.1, -0.05) is 26.3 Å². The summed E-state index contributed by atoms with van der Waals surface area (Å²) in [4.78, 5) is 28.8. The minimum Gasteiger partial charge on any atom is -0.497 e. The minimum absolute atomic E-state index is 0.00884. The van der Waals surface area contributed by atoms with Crippen molar-refractivity contribution in [2.24, 2.45) is 46.3 Å². The van der Waals surface area contributed by atoms with Crippen molar-refractivity contribution in [2.45, 2.75) is 109 Å². The number of cyclic esters (lactones) is 1. The van der Waals surface area contributed by atoms with Gasteiger partial charge in [-0.25, -0.2) is 4.79 Å². The summed E-state index contributed by atoms with van der Waals surface area (Å²) >= 11 is 0. The van der Waals surface area contributed by atoms with E-state index < -0.39 is 11.7 Å². The van der Waals surface area contributed by atoms with Crippen LogP contribution in [0.25, 0.3) is 10.9 Å². The Morgan fingerprint density at radius 3 is 2.76 bits per heavy atom. The standard InChI is InChI=1S/C40H54N2O7/c1-21-14-33(48-37(46)28(21)20-44)22(2)29-7-8-30-27-16-34-40(49-34)36(45)35(24(19-43)17-39(40,4)31(27)10-12-38(29,30)3)41-13-11-23-18-42-32-9-6-25(47-5)15-26(23)32/h6,9,15,18-19,22,24,27,29-31,33-36,41-42,44-45H,7-8,10-14,16-17,20H2,1-5H3. The zero-order valence-corrected chi connectivity index (χ0v) is 29.7. The lowest BCUT2D eigenvalue weighted by Gasteiger charge is -2.61. The number of epoxide rings is 1. The first-order chi connectivity index (χ1) is 23.5. The van der Waals surface area contributed by atoms with Crippen molar-refractivity contribution in [3.63, 3.8) is 0 Å². The van der Waals surface area contributed by atoms with Crippen LogP contribution in [0.2, 0.25) is 0 Å². The number of aliphatic hydroxyl groups excluding tert-OH is 2. The maximum absolute atomic E-state index is 12.8. The van der Waals surface area contributed by atoms with E-state index in [1.165, 1.54) is 5.56 Å². The van der Waals surface area contributed by atoms with Gasteiger partial charge in [0.15, 0.2) is 0 Å². The number of aliphatic hydroxyl groups is 2. The Kier molecular flexibility index (Phi) is 8.14. The Balaban J connectivity index is 0.980. The third-order valence-electron chi connectivity index (χ3n) is 15.2. The van der Waals surface area contributed by atoms with Crippen LogP contribution in [0, 0.1) is 46.3 Å². The number of rotatable bonds is 9. The molecule has 1 spiro atoms. The fourth-order valence-corrected chi connectivity index (χ4v) is 12.7. The van der Waals surface area contributed by atoms with Gasteiger partial charge in [-0.05, 0) is 117 Å². The molecule has 6 aliphatic rings. The molecule has 5 fully saturated rings. The predicted octanol–water partition coefficient (Wildman–Crippen LogP) is 5.12. The molecule has 13 unspecified atom stereocenters. The first kappa shape index (κ1) is 33.4. The number of H-pyrrole nitrogens is 1. The molecule has 3 heterocycles. The third kappa shape index (κ3) is 4.77. The number of nitrogens with one attached hydrogen (secondary N) is 2. The van der Waals surface area contributed by atoms with E-state index in [0.717, 1.165) is 73.5 Å². The topological polar surface area (TPSA) is 133 Å². The highest BCUT2D eigenvalue weighted by molar-refractivity contribution is 5.90. The van der Waals surface area contributed by atoms with E-state index in [1.807, 2.05) is 25.3 Å². The molecule has 0 bridgehead atoms. The van der Waals surface area contributed by atoms with Crippen molar-refractivity contribution >= 4 is 23.2 Å². The largest absolute Gasteiger partial charge is 0.497 e. The molecule has 4 saturated carbocycles. The Hall–Kier alpha value is -2.72. The van der Waals surface area contributed by atoms with E-state index in [9.17, 15) is 19.8 Å². The molecular weight excluding hydrogens is 620 g/mol. The average molecular weight is 675 g/mol. The molecule has 2 aliphatic heterocycles. The van der Waals surface area contributed by atoms with Crippen molar-refractivity contribution in [3.8, 4) is 5.75 Å². The zero-order chi connectivity index (χ0) is 34.5. The Morgan fingerprint density at radius 1 is 1.20 bits per heavy atom. The second-order valence-electron chi connectivity index (χ2n) is 17.0. The molecule has 266 valence electrons. The zero-order valence-electron chi connectivity index (χ0n) is 29.7. The molecule has 0 radical (unpaired) electrons. The summed E-state index contributed by atoms with van der Waals surface area (Å²) in [6.45, 7) is 9.41. The minimum atomic E-state index is -0.749. The summed E-state index contributed by atoms with van der Waals surface area (Å²) < 4.78 is 18.1.